The molecule has 0 saturated carbocycles. The molecule has 0 spiro atoms. The molecule has 0 amide bonds. The first-order valence-electron chi connectivity index (χ1n) is 8.77. The lowest BCUT2D eigenvalue weighted by Crippen LogP contribution is -2.25. The Labute approximate surface area is 131 Å². The van der Waals surface area contributed by atoms with Gasteiger partial charge in [0.25, 0.3) is 0 Å². The number of aliphatic hydroxyl groups excluding tert-OH is 1. The van der Waals surface area contributed by atoms with Crippen LogP contribution in [0.3, 0.4) is 0 Å². The predicted octanol–water partition coefficient (Wildman–Crippen LogP) is 4.84. The Morgan fingerprint density at radius 3 is 2.00 bits per heavy atom. The molecule has 0 radical (unpaired) electrons. The normalized spacial score (nSPS) is 12.5. The number of rotatable bonds is 13. The smallest absolute Gasteiger partial charge is 0.0626 e. The molecule has 0 fully saturated rings. The van der Waals surface area contributed by atoms with Gasteiger partial charge in [-0.1, -0.05) is 88.6 Å². The van der Waals surface area contributed by atoms with Crippen LogP contribution in [0.2, 0.25) is 0 Å². The van der Waals surface area contributed by atoms with Crippen molar-refractivity contribution in [2.24, 2.45) is 0 Å². The summed E-state index contributed by atoms with van der Waals surface area (Å²) in [4.78, 5) is 0. The van der Waals surface area contributed by atoms with E-state index in [2.05, 4.69) is 24.4 Å². The van der Waals surface area contributed by atoms with Crippen LogP contribution < -0.4 is 5.32 Å². The third kappa shape index (κ3) is 8.90. The van der Waals surface area contributed by atoms with Crippen LogP contribution in [0.5, 0.6) is 0 Å². The van der Waals surface area contributed by atoms with Crippen LogP contribution in [-0.4, -0.2) is 18.3 Å². The third-order valence-electron chi connectivity index (χ3n) is 4.06. The molecule has 0 heterocycles. The zero-order valence-corrected chi connectivity index (χ0v) is 13.7. The topological polar surface area (TPSA) is 32.3 Å². The van der Waals surface area contributed by atoms with Gasteiger partial charge in [-0.3, -0.25) is 0 Å². The summed E-state index contributed by atoms with van der Waals surface area (Å²) >= 11 is 0. The van der Waals surface area contributed by atoms with Crippen molar-refractivity contribution < 1.29 is 5.11 Å². The molecule has 0 bridgehead atoms. The van der Waals surface area contributed by atoms with Gasteiger partial charge in [0.05, 0.1) is 12.6 Å². The first-order valence-corrected chi connectivity index (χ1v) is 8.77. The first kappa shape index (κ1) is 18.2. The van der Waals surface area contributed by atoms with E-state index >= 15 is 0 Å². The van der Waals surface area contributed by atoms with Crippen LogP contribution in [0.25, 0.3) is 0 Å². The van der Waals surface area contributed by atoms with E-state index in [0.29, 0.717) is 0 Å². The van der Waals surface area contributed by atoms with E-state index in [-0.39, 0.29) is 12.6 Å². The molecule has 1 aromatic carbocycles. The second-order valence-corrected chi connectivity index (χ2v) is 5.93. The average Bonchev–Trinajstić information content (AvgIpc) is 2.54. The van der Waals surface area contributed by atoms with Gasteiger partial charge in [0.2, 0.25) is 0 Å². The summed E-state index contributed by atoms with van der Waals surface area (Å²) < 4.78 is 0. The third-order valence-corrected chi connectivity index (χ3v) is 4.06. The van der Waals surface area contributed by atoms with Gasteiger partial charge >= 0.3 is 0 Å². The number of hydrogen-bond acceptors (Lipinski definition) is 2. The molecule has 2 nitrogen and oxygen atoms in total. The van der Waals surface area contributed by atoms with Crippen molar-refractivity contribution in [1.29, 1.82) is 0 Å². The van der Waals surface area contributed by atoms with Gasteiger partial charge in [-0.05, 0) is 18.5 Å². The second kappa shape index (κ2) is 12.8. The van der Waals surface area contributed by atoms with Gasteiger partial charge in [0, 0.05) is 0 Å². The second-order valence-electron chi connectivity index (χ2n) is 5.93. The largest absolute Gasteiger partial charge is 0.394 e. The maximum atomic E-state index is 9.46. The molecule has 2 N–H and O–H groups in total. The molecule has 21 heavy (non-hydrogen) atoms. The zero-order valence-electron chi connectivity index (χ0n) is 13.7. The van der Waals surface area contributed by atoms with Crippen molar-refractivity contribution in [2.45, 2.75) is 70.8 Å². The number of unbranched alkanes of at least 4 members (excludes halogenated alkanes) is 8. The van der Waals surface area contributed by atoms with Gasteiger partial charge in [0.15, 0.2) is 0 Å². The van der Waals surface area contributed by atoms with E-state index in [1.165, 1.54) is 63.4 Å². The highest BCUT2D eigenvalue weighted by Crippen LogP contribution is 2.12. The monoisotopic (exact) mass is 291 g/mol. The predicted molar refractivity (Wildman–Crippen MR) is 91.5 cm³/mol. The van der Waals surface area contributed by atoms with Crippen molar-refractivity contribution in [3.05, 3.63) is 35.9 Å². The van der Waals surface area contributed by atoms with Crippen LogP contribution in [-0.2, 0) is 0 Å². The van der Waals surface area contributed by atoms with E-state index in [0.717, 1.165) is 6.54 Å². The van der Waals surface area contributed by atoms with E-state index < -0.39 is 0 Å². The molecule has 120 valence electrons. The fraction of sp³-hybridized carbons (Fsp3) is 0.684. The zero-order chi connectivity index (χ0) is 15.2. The van der Waals surface area contributed by atoms with Gasteiger partial charge < -0.3 is 10.4 Å². The lowest BCUT2D eigenvalue weighted by molar-refractivity contribution is 0.244. The van der Waals surface area contributed by atoms with Crippen molar-refractivity contribution in [3.8, 4) is 0 Å². The summed E-state index contributed by atoms with van der Waals surface area (Å²) in [6.45, 7) is 3.43. The Kier molecular flexibility index (Phi) is 11.1. The molecule has 0 unspecified atom stereocenters. The Hall–Kier alpha value is -0.860. The Morgan fingerprint density at radius 2 is 1.43 bits per heavy atom. The van der Waals surface area contributed by atoms with Crippen molar-refractivity contribution in [2.75, 3.05) is 13.2 Å². The minimum Gasteiger partial charge on any atom is -0.394 e. The summed E-state index contributed by atoms with van der Waals surface area (Å²) in [5.74, 6) is 0. The average molecular weight is 291 g/mol. The molecular formula is C19H33NO. The SMILES string of the molecule is CCCCCCCCCCCN[C@@H](CO)c1ccccc1. The highest BCUT2D eigenvalue weighted by molar-refractivity contribution is 5.18. The minimum absolute atomic E-state index is 0.0836. The summed E-state index contributed by atoms with van der Waals surface area (Å²) in [6, 6.07) is 10.3. The molecule has 1 rings (SSSR count). The maximum absolute atomic E-state index is 9.46. The molecule has 0 aliphatic rings. The van der Waals surface area contributed by atoms with Crippen molar-refractivity contribution in [1.82, 2.24) is 5.32 Å². The molecule has 2 heteroatoms. The van der Waals surface area contributed by atoms with Crippen LogP contribution in [0, 0.1) is 0 Å². The van der Waals surface area contributed by atoms with Crippen molar-refractivity contribution in [3.63, 3.8) is 0 Å². The van der Waals surface area contributed by atoms with Gasteiger partial charge in [-0.2, -0.15) is 0 Å². The van der Waals surface area contributed by atoms with Crippen LogP contribution in [0.4, 0.5) is 0 Å². The Morgan fingerprint density at radius 1 is 0.857 bits per heavy atom. The summed E-state index contributed by atoms with van der Waals surface area (Å²) in [7, 11) is 0. The van der Waals surface area contributed by atoms with Crippen LogP contribution in [0.15, 0.2) is 30.3 Å². The van der Waals surface area contributed by atoms with Crippen LogP contribution in [0.1, 0.15) is 76.3 Å². The quantitative estimate of drug-likeness (QED) is 0.510. The van der Waals surface area contributed by atoms with E-state index in [4.69, 9.17) is 0 Å². The standard InChI is InChI=1S/C19H33NO/c1-2-3-4-5-6-7-8-9-13-16-20-19(17-21)18-14-11-10-12-15-18/h10-12,14-15,19-21H,2-9,13,16-17H2,1H3/t19-/m0/s1. The molecule has 0 aromatic heterocycles. The number of nitrogens with one attached hydrogen (secondary N) is 1. The van der Waals surface area contributed by atoms with Gasteiger partial charge in [-0.25, -0.2) is 0 Å². The fourth-order valence-electron chi connectivity index (χ4n) is 2.69. The lowest BCUT2D eigenvalue weighted by Gasteiger charge is -2.16. The molecule has 1 atom stereocenters. The summed E-state index contributed by atoms with van der Waals surface area (Å²) in [6.07, 6.45) is 12.2. The van der Waals surface area contributed by atoms with Gasteiger partial charge in [0.1, 0.15) is 0 Å². The molecule has 0 saturated heterocycles. The highest BCUT2D eigenvalue weighted by Gasteiger charge is 2.07. The molecular weight excluding hydrogens is 258 g/mol. The fourth-order valence-corrected chi connectivity index (χ4v) is 2.69. The van der Waals surface area contributed by atoms with E-state index in [9.17, 15) is 5.11 Å². The van der Waals surface area contributed by atoms with Crippen LogP contribution >= 0.6 is 0 Å². The number of hydrogen-bond donors (Lipinski definition) is 2. The summed E-state index contributed by atoms with van der Waals surface area (Å²) in [5, 5.41) is 12.9. The first-order chi connectivity index (χ1) is 10.4. The lowest BCUT2D eigenvalue weighted by atomic mass is 10.1. The van der Waals surface area contributed by atoms with Crippen molar-refractivity contribution >= 4 is 0 Å². The minimum atomic E-state index is 0.0836. The van der Waals surface area contributed by atoms with Gasteiger partial charge in [-0.15, -0.1) is 0 Å². The van der Waals surface area contributed by atoms with E-state index in [1.807, 2.05) is 18.2 Å². The molecule has 0 aliphatic carbocycles. The van der Waals surface area contributed by atoms with E-state index in [1.54, 1.807) is 0 Å². The number of aliphatic hydroxyl groups is 1. The maximum Gasteiger partial charge on any atom is 0.0626 e. The number of benzene rings is 1. The molecule has 1 aromatic rings. The Balaban J connectivity index is 1.98. The Bertz CT molecular complexity index is 326. The molecule has 0 aliphatic heterocycles. The summed E-state index contributed by atoms with van der Waals surface area (Å²) in [5.41, 5.74) is 1.18. The highest BCUT2D eigenvalue weighted by atomic mass is 16.3.